The molecule has 0 saturated carbocycles. The summed E-state index contributed by atoms with van der Waals surface area (Å²) in [6.45, 7) is 0.527. The van der Waals surface area contributed by atoms with Crippen molar-refractivity contribution >= 4 is 55.2 Å². The first-order valence-electron chi connectivity index (χ1n) is 8.50. The predicted octanol–water partition coefficient (Wildman–Crippen LogP) is 2.99. The van der Waals surface area contributed by atoms with Gasteiger partial charge < -0.3 is 14.9 Å². The Morgan fingerprint density at radius 1 is 1.11 bits per heavy atom. The summed E-state index contributed by atoms with van der Waals surface area (Å²) in [6, 6.07) is 10.7. The number of hydrogen-bond acceptors (Lipinski definition) is 4. The molecule has 27 heavy (non-hydrogen) atoms. The quantitative estimate of drug-likeness (QED) is 0.404. The molecule has 1 amide bonds. The van der Waals surface area contributed by atoms with E-state index in [9.17, 15) is 18.3 Å². The first-order chi connectivity index (χ1) is 12.8. The minimum Gasteiger partial charge on any atom is -0.465 e. The summed E-state index contributed by atoms with van der Waals surface area (Å²) in [7, 11) is 0.0536. The molecule has 0 spiro atoms. The van der Waals surface area contributed by atoms with Crippen LogP contribution in [0.1, 0.15) is 6.42 Å². The highest BCUT2D eigenvalue weighted by atomic mass is 127. The molecule has 0 unspecified atom stereocenters. The van der Waals surface area contributed by atoms with Crippen molar-refractivity contribution in [2.24, 2.45) is 0 Å². The van der Waals surface area contributed by atoms with Crippen LogP contribution in [0, 0.1) is 0 Å². The lowest BCUT2D eigenvalue weighted by atomic mass is 10.1. The van der Waals surface area contributed by atoms with Crippen molar-refractivity contribution in [3.05, 3.63) is 36.4 Å². The van der Waals surface area contributed by atoms with E-state index in [1.165, 1.54) is 4.90 Å². The number of carboxylic acid groups (broad SMARTS) is 1. The van der Waals surface area contributed by atoms with Crippen molar-refractivity contribution in [2.45, 2.75) is 11.3 Å². The van der Waals surface area contributed by atoms with Gasteiger partial charge in [0.2, 0.25) is 10.0 Å². The second-order valence-corrected chi connectivity index (χ2v) is 9.05. The second-order valence-electron chi connectivity index (χ2n) is 6.23. The highest BCUT2D eigenvalue weighted by Gasteiger charge is 2.19. The van der Waals surface area contributed by atoms with E-state index in [1.54, 1.807) is 18.2 Å². The molecule has 0 fully saturated rings. The van der Waals surface area contributed by atoms with Gasteiger partial charge in [0.05, 0.1) is 4.90 Å². The molecule has 7 nitrogen and oxygen atoms in total. The zero-order valence-corrected chi connectivity index (χ0v) is 18.3. The summed E-state index contributed by atoms with van der Waals surface area (Å²) in [6.07, 6.45) is -0.309. The SMILES string of the molecule is CN(C)c1cccc2c(S(=O)(=O)NCCN(CCCI)C(=O)O)cccc12. The van der Waals surface area contributed by atoms with Crippen LogP contribution in [-0.4, -0.2) is 62.7 Å². The van der Waals surface area contributed by atoms with E-state index in [-0.39, 0.29) is 18.0 Å². The number of nitrogens with one attached hydrogen (secondary N) is 1. The molecule has 2 rings (SSSR count). The third-order valence-corrected chi connectivity index (χ3v) is 6.42. The lowest BCUT2D eigenvalue weighted by molar-refractivity contribution is 0.146. The van der Waals surface area contributed by atoms with Gasteiger partial charge in [-0.15, -0.1) is 0 Å². The first kappa shape index (κ1) is 21.7. The Morgan fingerprint density at radius 2 is 1.78 bits per heavy atom. The molecule has 9 heteroatoms. The third-order valence-electron chi connectivity index (χ3n) is 4.14. The van der Waals surface area contributed by atoms with Gasteiger partial charge in [0.25, 0.3) is 0 Å². The largest absolute Gasteiger partial charge is 0.465 e. The fourth-order valence-corrected chi connectivity index (χ4v) is 4.42. The van der Waals surface area contributed by atoms with E-state index >= 15 is 0 Å². The van der Waals surface area contributed by atoms with Gasteiger partial charge >= 0.3 is 6.09 Å². The molecule has 0 saturated heterocycles. The Balaban J connectivity index is 2.22. The molecule has 0 radical (unpaired) electrons. The van der Waals surface area contributed by atoms with Crippen molar-refractivity contribution in [2.75, 3.05) is 43.1 Å². The number of anilines is 1. The van der Waals surface area contributed by atoms with Crippen LogP contribution in [0.25, 0.3) is 10.8 Å². The summed E-state index contributed by atoms with van der Waals surface area (Å²) in [5.41, 5.74) is 0.931. The van der Waals surface area contributed by atoms with Gasteiger partial charge in [0.1, 0.15) is 0 Å². The van der Waals surface area contributed by atoms with Gasteiger partial charge in [-0.1, -0.05) is 46.9 Å². The Hall–Kier alpha value is -1.59. The Bertz CT molecular complexity index is 903. The second kappa shape index (κ2) is 9.56. The minimum absolute atomic E-state index is 0.0274. The molecule has 0 aliphatic rings. The van der Waals surface area contributed by atoms with Crippen molar-refractivity contribution in [3.8, 4) is 0 Å². The Morgan fingerprint density at radius 3 is 2.41 bits per heavy atom. The van der Waals surface area contributed by atoms with E-state index < -0.39 is 16.1 Å². The lowest BCUT2D eigenvalue weighted by Crippen LogP contribution is -2.38. The number of sulfonamides is 1. The number of fused-ring (bicyclic) bond motifs is 1. The maximum atomic E-state index is 12.8. The fraction of sp³-hybridized carbons (Fsp3) is 0.389. The Kier molecular flexibility index (Phi) is 7.68. The molecular formula is C18H24IN3O4S. The standard InChI is InChI=1S/C18H24IN3O4S/c1-21(2)16-8-3-7-15-14(16)6-4-9-17(15)27(25,26)20-11-13-22(18(23)24)12-5-10-19/h3-4,6-9,20H,5,10-13H2,1-2H3,(H,23,24). The van der Waals surface area contributed by atoms with E-state index in [1.807, 2.05) is 37.2 Å². The normalized spacial score (nSPS) is 11.5. The summed E-state index contributed by atoms with van der Waals surface area (Å²) in [5, 5.41) is 10.7. The summed E-state index contributed by atoms with van der Waals surface area (Å²) >= 11 is 2.18. The minimum atomic E-state index is -3.76. The molecule has 2 aromatic rings. The number of alkyl halides is 1. The van der Waals surface area contributed by atoms with Gasteiger partial charge in [-0.25, -0.2) is 17.9 Å². The predicted molar refractivity (Wildman–Crippen MR) is 117 cm³/mol. The van der Waals surface area contributed by atoms with Crippen LogP contribution in [0.2, 0.25) is 0 Å². The van der Waals surface area contributed by atoms with Crippen molar-refractivity contribution in [3.63, 3.8) is 0 Å². The molecule has 0 atom stereocenters. The van der Waals surface area contributed by atoms with Crippen LogP contribution in [0.3, 0.4) is 0 Å². The van der Waals surface area contributed by atoms with E-state index in [4.69, 9.17) is 0 Å². The van der Waals surface area contributed by atoms with E-state index in [2.05, 4.69) is 27.3 Å². The van der Waals surface area contributed by atoms with Crippen LogP contribution in [0.4, 0.5) is 10.5 Å². The fourth-order valence-electron chi connectivity index (χ4n) is 2.84. The topological polar surface area (TPSA) is 90.0 Å². The number of benzene rings is 2. The molecule has 2 N–H and O–H groups in total. The number of halogens is 1. The van der Waals surface area contributed by atoms with Crippen LogP contribution in [0.5, 0.6) is 0 Å². The molecule has 148 valence electrons. The summed E-state index contributed by atoms with van der Waals surface area (Å²) in [4.78, 5) is 14.6. The van der Waals surface area contributed by atoms with E-state index in [0.29, 0.717) is 11.9 Å². The summed E-state index contributed by atoms with van der Waals surface area (Å²) < 4.78 is 29.0. The molecule has 0 bridgehead atoms. The van der Waals surface area contributed by atoms with Crippen molar-refractivity contribution in [1.29, 1.82) is 0 Å². The average molecular weight is 505 g/mol. The van der Waals surface area contributed by atoms with Crippen LogP contribution >= 0.6 is 22.6 Å². The third kappa shape index (κ3) is 5.45. The molecule has 0 aromatic heterocycles. The molecule has 0 aliphatic heterocycles. The maximum Gasteiger partial charge on any atom is 0.407 e. The monoisotopic (exact) mass is 505 g/mol. The van der Waals surface area contributed by atoms with Crippen LogP contribution in [0.15, 0.2) is 41.3 Å². The van der Waals surface area contributed by atoms with Gasteiger partial charge in [-0.05, 0) is 18.6 Å². The van der Waals surface area contributed by atoms with Gasteiger partial charge in [-0.3, -0.25) is 0 Å². The Labute approximate surface area is 173 Å². The number of rotatable bonds is 9. The number of carbonyl (C=O) groups is 1. The zero-order valence-electron chi connectivity index (χ0n) is 15.4. The number of amides is 1. The zero-order chi connectivity index (χ0) is 20.0. The van der Waals surface area contributed by atoms with E-state index in [0.717, 1.165) is 21.9 Å². The van der Waals surface area contributed by atoms with Gasteiger partial charge in [0, 0.05) is 54.6 Å². The molecule has 0 aliphatic carbocycles. The maximum absolute atomic E-state index is 12.8. The summed E-state index contributed by atoms with van der Waals surface area (Å²) in [5.74, 6) is 0. The smallest absolute Gasteiger partial charge is 0.407 e. The highest BCUT2D eigenvalue weighted by molar-refractivity contribution is 14.1. The van der Waals surface area contributed by atoms with Gasteiger partial charge in [0.15, 0.2) is 0 Å². The van der Waals surface area contributed by atoms with Crippen LogP contribution in [-0.2, 0) is 10.0 Å². The molecular weight excluding hydrogens is 481 g/mol. The number of nitrogens with zero attached hydrogens (tertiary/aromatic N) is 2. The lowest BCUT2D eigenvalue weighted by Gasteiger charge is -2.19. The van der Waals surface area contributed by atoms with Crippen molar-refractivity contribution < 1.29 is 18.3 Å². The van der Waals surface area contributed by atoms with Gasteiger partial charge in [-0.2, -0.15) is 0 Å². The highest BCUT2D eigenvalue weighted by Crippen LogP contribution is 2.29. The van der Waals surface area contributed by atoms with Crippen molar-refractivity contribution in [1.82, 2.24) is 9.62 Å². The van der Waals surface area contributed by atoms with Crippen LogP contribution < -0.4 is 9.62 Å². The first-order valence-corrected chi connectivity index (χ1v) is 11.5. The number of hydrogen-bond donors (Lipinski definition) is 2. The molecule has 2 aromatic carbocycles. The average Bonchev–Trinajstić information content (AvgIpc) is 2.62. The molecule has 0 heterocycles.